The van der Waals surface area contributed by atoms with Crippen molar-refractivity contribution in [2.24, 2.45) is 5.92 Å². The third-order valence-electron chi connectivity index (χ3n) is 3.54. The minimum Gasteiger partial charge on any atom is -0.386 e. The van der Waals surface area contributed by atoms with Crippen molar-refractivity contribution in [2.75, 3.05) is 39.2 Å². The molecule has 0 aliphatic carbocycles. The van der Waals surface area contributed by atoms with Crippen LogP contribution in [0.3, 0.4) is 0 Å². The van der Waals surface area contributed by atoms with Gasteiger partial charge in [0.2, 0.25) is 0 Å². The van der Waals surface area contributed by atoms with Crippen LogP contribution in [0.5, 0.6) is 0 Å². The van der Waals surface area contributed by atoms with Crippen molar-refractivity contribution < 1.29 is 9.53 Å². The van der Waals surface area contributed by atoms with Gasteiger partial charge < -0.3 is 15.0 Å². The summed E-state index contributed by atoms with van der Waals surface area (Å²) in [6.45, 7) is 2.40. The molecular formula is C14H21N3O2. The summed E-state index contributed by atoms with van der Waals surface area (Å²) < 4.78 is 5.34. The molecule has 1 fully saturated rings. The van der Waals surface area contributed by atoms with E-state index in [2.05, 4.69) is 10.3 Å². The normalized spacial score (nSPS) is 16.1. The second-order valence-electron chi connectivity index (χ2n) is 4.91. The van der Waals surface area contributed by atoms with Crippen LogP contribution in [0.1, 0.15) is 23.2 Å². The molecule has 104 valence electrons. The fourth-order valence-corrected chi connectivity index (χ4v) is 2.38. The van der Waals surface area contributed by atoms with Crippen molar-refractivity contribution in [2.45, 2.75) is 12.8 Å². The van der Waals surface area contributed by atoms with E-state index in [0.29, 0.717) is 11.5 Å². The second kappa shape index (κ2) is 6.52. The maximum atomic E-state index is 12.4. The number of carbonyl (C=O) groups excluding carboxylic acids is 1. The van der Waals surface area contributed by atoms with Crippen LogP contribution in [-0.4, -0.2) is 49.6 Å². The molecule has 0 spiro atoms. The Bertz CT molecular complexity index is 430. The first-order chi connectivity index (χ1) is 9.22. The largest absolute Gasteiger partial charge is 0.386 e. The molecule has 1 aromatic heterocycles. The lowest BCUT2D eigenvalue weighted by Gasteiger charge is -2.27. The SMILES string of the molecule is CNc1cnccc1C(=O)N(C)CC1CCOCC1. The molecule has 0 unspecified atom stereocenters. The van der Waals surface area contributed by atoms with Gasteiger partial charge in [0.25, 0.3) is 5.91 Å². The average Bonchev–Trinajstić information content (AvgIpc) is 2.47. The molecule has 5 nitrogen and oxygen atoms in total. The van der Waals surface area contributed by atoms with Gasteiger partial charge >= 0.3 is 0 Å². The molecule has 0 bridgehead atoms. The topological polar surface area (TPSA) is 54.5 Å². The number of nitrogens with zero attached hydrogens (tertiary/aromatic N) is 2. The predicted octanol–water partition coefficient (Wildman–Crippen LogP) is 1.62. The monoisotopic (exact) mass is 263 g/mol. The van der Waals surface area contributed by atoms with Crippen LogP contribution >= 0.6 is 0 Å². The van der Waals surface area contributed by atoms with Gasteiger partial charge in [0.1, 0.15) is 0 Å². The molecule has 1 aliphatic rings. The Morgan fingerprint density at radius 2 is 2.26 bits per heavy atom. The minimum atomic E-state index is 0.0400. The Hall–Kier alpha value is -1.62. The van der Waals surface area contributed by atoms with Gasteiger partial charge in [-0.3, -0.25) is 9.78 Å². The lowest BCUT2D eigenvalue weighted by atomic mass is 9.99. The number of carbonyl (C=O) groups is 1. The highest BCUT2D eigenvalue weighted by Crippen LogP contribution is 2.19. The zero-order valence-electron chi connectivity index (χ0n) is 11.6. The molecule has 2 heterocycles. The van der Waals surface area contributed by atoms with E-state index in [-0.39, 0.29) is 5.91 Å². The fraction of sp³-hybridized carbons (Fsp3) is 0.571. The van der Waals surface area contributed by atoms with Gasteiger partial charge in [0.15, 0.2) is 0 Å². The summed E-state index contributed by atoms with van der Waals surface area (Å²) in [6.07, 6.45) is 5.39. The lowest BCUT2D eigenvalue weighted by Crippen LogP contribution is -2.34. The van der Waals surface area contributed by atoms with Gasteiger partial charge in [-0.25, -0.2) is 0 Å². The molecule has 2 rings (SSSR count). The van der Waals surface area contributed by atoms with E-state index < -0.39 is 0 Å². The van der Waals surface area contributed by atoms with Gasteiger partial charge in [0.05, 0.1) is 17.4 Å². The molecule has 1 aromatic rings. The van der Waals surface area contributed by atoms with Crippen molar-refractivity contribution in [3.8, 4) is 0 Å². The molecule has 0 radical (unpaired) electrons. The summed E-state index contributed by atoms with van der Waals surface area (Å²) in [4.78, 5) is 18.2. The van der Waals surface area contributed by atoms with E-state index in [0.717, 1.165) is 38.3 Å². The Kier molecular flexibility index (Phi) is 4.74. The van der Waals surface area contributed by atoms with Crippen LogP contribution < -0.4 is 5.32 Å². The van der Waals surface area contributed by atoms with Crippen molar-refractivity contribution in [1.82, 2.24) is 9.88 Å². The molecule has 0 atom stereocenters. The van der Waals surface area contributed by atoms with Gasteiger partial charge in [-0.05, 0) is 24.8 Å². The number of pyridine rings is 1. The Morgan fingerprint density at radius 3 is 2.95 bits per heavy atom. The van der Waals surface area contributed by atoms with E-state index in [1.165, 1.54) is 0 Å². The zero-order chi connectivity index (χ0) is 13.7. The summed E-state index contributed by atoms with van der Waals surface area (Å²) in [6, 6.07) is 1.76. The first kappa shape index (κ1) is 13.8. The number of hydrogen-bond donors (Lipinski definition) is 1. The number of nitrogens with one attached hydrogen (secondary N) is 1. The first-order valence-corrected chi connectivity index (χ1v) is 6.67. The number of hydrogen-bond acceptors (Lipinski definition) is 4. The van der Waals surface area contributed by atoms with Crippen LogP contribution in [0.15, 0.2) is 18.5 Å². The van der Waals surface area contributed by atoms with E-state index in [1.54, 1.807) is 30.4 Å². The number of aromatic nitrogens is 1. The summed E-state index contributed by atoms with van der Waals surface area (Å²) in [5.41, 5.74) is 1.44. The van der Waals surface area contributed by atoms with Gasteiger partial charge in [-0.15, -0.1) is 0 Å². The lowest BCUT2D eigenvalue weighted by molar-refractivity contribution is 0.0497. The predicted molar refractivity (Wildman–Crippen MR) is 74.3 cm³/mol. The molecule has 1 saturated heterocycles. The second-order valence-corrected chi connectivity index (χ2v) is 4.91. The summed E-state index contributed by atoms with van der Waals surface area (Å²) >= 11 is 0. The highest BCUT2D eigenvalue weighted by Gasteiger charge is 2.20. The van der Waals surface area contributed by atoms with E-state index in [1.807, 2.05) is 7.05 Å². The van der Waals surface area contributed by atoms with Crippen molar-refractivity contribution >= 4 is 11.6 Å². The third-order valence-corrected chi connectivity index (χ3v) is 3.54. The molecule has 0 saturated carbocycles. The van der Waals surface area contributed by atoms with E-state index in [9.17, 15) is 4.79 Å². The molecule has 0 aromatic carbocycles. The van der Waals surface area contributed by atoms with Crippen LogP contribution in [-0.2, 0) is 4.74 Å². The number of ether oxygens (including phenoxy) is 1. The number of amides is 1. The highest BCUT2D eigenvalue weighted by atomic mass is 16.5. The fourth-order valence-electron chi connectivity index (χ4n) is 2.38. The van der Waals surface area contributed by atoms with Crippen LogP contribution in [0.4, 0.5) is 5.69 Å². The number of rotatable bonds is 4. The summed E-state index contributed by atoms with van der Waals surface area (Å²) in [7, 11) is 3.66. The Labute approximate surface area is 114 Å². The van der Waals surface area contributed by atoms with Crippen molar-refractivity contribution in [3.63, 3.8) is 0 Å². The quantitative estimate of drug-likeness (QED) is 0.897. The molecule has 1 amide bonds. The van der Waals surface area contributed by atoms with Gasteiger partial charge in [-0.1, -0.05) is 0 Å². The molecule has 19 heavy (non-hydrogen) atoms. The smallest absolute Gasteiger partial charge is 0.255 e. The van der Waals surface area contributed by atoms with Crippen LogP contribution in [0, 0.1) is 5.92 Å². The average molecular weight is 263 g/mol. The number of anilines is 1. The van der Waals surface area contributed by atoms with Gasteiger partial charge in [-0.2, -0.15) is 0 Å². The maximum absolute atomic E-state index is 12.4. The molecule has 1 aliphatic heterocycles. The molecular weight excluding hydrogens is 242 g/mol. The zero-order valence-corrected chi connectivity index (χ0v) is 11.6. The Balaban J connectivity index is 2.01. The van der Waals surface area contributed by atoms with Crippen LogP contribution in [0.2, 0.25) is 0 Å². The molecule has 1 N–H and O–H groups in total. The van der Waals surface area contributed by atoms with E-state index >= 15 is 0 Å². The maximum Gasteiger partial charge on any atom is 0.255 e. The first-order valence-electron chi connectivity index (χ1n) is 6.67. The third kappa shape index (κ3) is 3.44. The van der Waals surface area contributed by atoms with Crippen molar-refractivity contribution in [3.05, 3.63) is 24.0 Å². The molecule has 5 heteroatoms. The highest BCUT2D eigenvalue weighted by molar-refractivity contribution is 5.99. The van der Waals surface area contributed by atoms with Gasteiger partial charge in [0, 0.05) is 40.1 Å². The van der Waals surface area contributed by atoms with Crippen LogP contribution in [0.25, 0.3) is 0 Å². The van der Waals surface area contributed by atoms with Crippen molar-refractivity contribution in [1.29, 1.82) is 0 Å². The summed E-state index contributed by atoms with van der Waals surface area (Å²) in [5.74, 6) is 0.584. The minimum absolute atomic E-state index is 0.0400. The summed E-state index contributed by atoms with van der Waals surface area (Å²) in [5, 5.41) is 3.00. The van der Waals surface area contributed by atoms with E-state index in [4.69, 9.17) is 4.74 Å². The Morgan fingerprint density at radius 1 is 1.53 bits per heavy atom. The standard InChI is InChI=1S/C14H21N3O2/c1-15-13-9-16-6-3-12(13)14(18)17(2)10-11-4-7-19-8-5-11/h3,6,9,11,15H,4-5,7-8,10H2,1-2H3.